The Morgan fingerprint density at radius 3 is 2.60 bits per heavy atom. The van der Waals surface area contributed by atoms with Crippen molar-refractivity contribution in [3.63, 3.8) is 0 Å². The standard InChI is InChI=1S/C16H15N3O/c17-13-5-7-14(8-6-13)18-16(20)11-19-10-9-12-3-1-2-4-15(12)19/h1-10H,11,17H2,(H,18,20). The molecule has 0 saturated heterocycles. The molecule has 0 aliphatic rings. The van der Waals surface area contributed by atoms with Crippen molar-refractivity contribution in [2.45, 2.75) is 6.54 Å². The number of anilines is 2. The van der Waals surface area contributed by atoms with Crippen LogP contribution in [0.25, 0.3) is 10.9 Å². The minimum absolute atomic E-state index is 0.0591. The second kappa shape index (κ2) is 5.09. The van der Waals surface area contributed by atoms with Gasteiger partial charge in [-0.3, -0.25) is 4.79 Å². The van der Waals surface area contributed by atoms with Crippen molar-refractivity contribution >= 4 is 28.2 Å². The van der Waals surface area contributed by atoms with Crippen LogP contribution in [0.3, 0.4) is 0 Å². The second-order valence-corrected chi connectivity index (χ2v) is 4.67. The highest BCUT2D eigenvalue weighted by Gasteiger charge is 2.06. The van der Waals surface area contributed by atoms with E-state index >= 15 is 0 Å². The first kappa shape index (κ1) is 12.3. The average Bonchev–Trinajstić information content (AvgIpc) is 2.85. The van der Waals surface area contributed by atoms with E-state index < -0.39 is 0 Å². The summed E-state index contributed by atoms with van der Waals surface area (Å²) in [6, 6.07) is 17.1. The molecular weight excluding hydrogens is 250 g/mol. The van der Waals surface area contributed by atoms with Crippen molar-refractivity contribution in [2.75, 3.05) is 11.1 Å². The van der Waals surface area contributed by atoms with Gasteiger partial charge in [0.15, 0.2) is 0 Å². The molecular formula is C16H15N3O. The number of aromatic nitrogens is 1. The Hall–Kier alpha value is -2.75. The van der Waals surface area contributed by atoms with Crippen LogP contribution in [-0.4, -0.2) is 10.5 Å². The van der Waals surface area contributed by atoms with E-state index in [0.717, 1.165) is 16.6 Å². The summed E-state index contributed by atoms with van der Waals surface area (Å²) in [6.45, 7) is 0.290. The van der Waals surface area contributed by atoms with Crippen molar-refractivity contribution in [2.24, 2.45) is 0 Å². The monoisotopic (exact) mass is 265 g/mol. The fourth-order valence-electron chi connectivity index (χ4n) is 2.20. The molecule has 0 spiro atoms. The molecule has 0 bridgehead atoms. The third kappa shape index (κ3) is 2.49. The summed E-state index contributed by atoms with van der Waals surface area (Å²) in [6.07, 6.45) is 1.92. The lowest BCUT2D eigenvalue weighted by molar-refractivity contribution is -0.116. The summed E-state index contributed by atoms with van der Waals surface area (Å²) in [5, 5.41) is 3.99. The molecule has 0 saturated carbocycles. The first-order valence-electron chi connectivity index (χ1n) is 6.42. The minimum Gasteiger partial charge on any atom is -0.399 e. The van der Waals surface area contributed by atoms with E-state index in [1.807, 2.05) is 41.1 Å². The third-order valence-corrected chi connectivity index (χ3v) is 3.19. The van der Waals surface area contributed by atoms with Gasteiger partial charge in [-0.15, -0.1) is 0 Å². The summed E-state index contributed by atoms with van der Waals surface area (Å²) in [5.41, 5.74) is 8.10. The van der Waals surface area contributed by atoms with E-state index in [2.05, 4.69) is 5.32 Å². The lowest BCUT2D eigenvalue weighted by Crippen LogP contribution is -2.18. The largest absolute Gasteiger partial charge is 0.399 e. The Morgan fingerprint density at radius 1 is 1.05 bits per heavy atom. The van der Waals surface area contributed by atoms with Crippen molar-refractivity contribution < 1.29 is 4.79 Å². The number of benzene rings is 2. The topological polar surface area (TPSA) is 60.0 Å². The van der Waals surface area contributed by atoms with E-state index in [1.54, 1.807) is 24.3 Å². The van der Waals surface area contributed by atoms with Gasteiger partial charge in [-0.2, -0.15) is 0 Å². The molecule has 3 rings (SSSR count). The number of hydrogen-bond acceptors (Lipinski definition) is 2. The molecule has 1 amide bonds. The Bertz CT molecular complexity index is 744. The average molecular weight is 265 g/mol. The fraction of sp³-hybridized carbons (Fsp3) is 0.0625. The molecule has 0 radical (unpaired) electrons. The molecule has 100 valence electrons. The Kier molecular flexibility index (Phi) is 3.13. The zero-order chi connectivity index (χ0) is 13.9. The van der Waals surface area contributed by atoms with Gasteiger partial charge in [0.1, 0.15) is 6.54 Å². The molecule has 4 heteroatoms. The maximum atomic E-state index is 12.0. The summed E-state index contributed by atoms with van der Waals surface area (Å²) in [4.78, 5) is 12.0. The minimum atomic E-state index is -0.0591. The van der Waals surface area contributed by atoms with Gasteiger partial charge in [0.25, 0.3) is 0 Å². The Balaban J connectivity index is 1.74. The van der Waals surface area contributed by atoms with E-state index in [0.29, 0.717) is 5.69 Å². The number of rotatable bonds is 3. The van der Waals surface area contributed by atoms with Gasteiger partial charge in [0.05, 0.1) is 0 Å². The summed E-state index contributed by atoms with van der Waals surface area (Å²) in [7, 11) is 0. The molecule has 3 N–H and O–H groups in total. The highest BCUT2D eigenvalue weighted by atomic mass is 16.1. The molecule has 0 aliphatic carbocycles. The molecule has 2 aromatic carbocycles. The van der Waals surface area contributed by atoms with Gasteiger partial charge in [0, 0.05) is 23.1 Å². The zero-order valence-electron chi connectivity index (χ0n) is 10.9. The van der Waals surface area contributed by atoms with Crippen LogP contribution in [0.5, 0.6) is 0 Å². The van der Waals surface area contributed by atoms with Crippen LogP contribution in [0.15, 0.2) is 60.8 Å². The summed E-state index contributed by atoms with van der Waals surface area (Å²) in [5.74, 6) is -0.0591. The van der Waals surface area contributed by atoms with Crippen molar-refractivity contribution in [1.82, 2.24) is 4.57 Å². The van der Waals surface area contributed by atoms with E-state index in [1.165, 1.54) is 0 Å². The predicted molar refractivity (Wildman–Crippen MR) is 81.4 cm³/mol. The highest BCUT2D eigenvalue weighted by molar-refractivity contribution is 5.92. The highest BCUT2D eigenvalue weighted by Crippen LogP contribution is 2.15. The van der Waals surface area contributed by atoms with E-state index in [9.17, 15) is 4.79 Å². The molecule has 0 atom stereocenters. The molecule has 4 nitrogen and oxygen atoms in total. The maximum absolute atomic E-state index is 12.0. The molecule has 1 heterocycles. The Labute approximate surface area is 116 Å². The SMILES string of the molecule is Nc1ccc(NC(=O)Cn2ccc3ccccc32)cc1. The maximum Gasteiger partial charge on any atom is 0.244 e. The predicted octanol–water partition coefficient (Wildman–Crippen LogP) is 2.86. The smallest absolute Gasteiger partial charge is 0.244 e. The van der Waals surface area contributed by atoms with Crippen LogP contribution in [0.4, 0.5) is 11.4 Å². The van der Waals surface area contributed by atoms with E-state index in [4.69, 9.17) is 5.73 Å². The molecule has 0 unspecified atom stereocenters. The van der Waals surface area contributed by atoms with Gasteiger partial charge >= 0.3 is 0 Å². The Morgan fingerprint density at radius 2 is 1.80 bits per heavy atom. The van der Waals surface area contributed by atoms with Gasteiger partial charge in [-0.05, 0) is 41.8 Å². The van der Waals surface area contributed by atoms with Crippen LogP contribution in [0, 0.1) is 0 Å². The second-order valence-electron chi connectivity index (χ2n) is 4.67. The lowest BCUT2D eigenvalue weighted by atomic mass is 10.2. The molecule has 20 heavy (non-hydrogen) atoms. The number of para-hydroxylation sites is 1. The van der Waals surface area contributed by atoms with Crippen LogP contribution in [-0.2, 0) is 11.3 Å². The zero-order valence-corrected chi connectivity index (χ0v) is 10.9. The van der Waals surface area contributed by atoms with Gasteiger partial charge in [-0.25, -0.2) is 0 Å². The number of nitrogens with one attached hydrogen (secondary N) is 1. The summed E-state index contributed by atoms with van der Waals surface area (Å²) >= 11 is 0. The number of nitrogens with two attached hydrogens (primary N) is 1. The fourth-order valence-corrected chi connectivity index (χ4v) is 2.20. The third-order valence-electron chi connectivity index (χ3n) is 3.19. The molecule has 3 aromatic rings. The normalized spacial score (nSPS) is 10.6. The number of nitrogens with zero attached hydrogens (tertiary/aromatic N) is 1. The number of carbonyl (C=O) groups is 1. The van der Waals surface area contributed by atoms with Crippen LogP contribution >= 0.6 is 0 Å². The van der Waals surface area contributed by atoms with Gasteiger partial charge in [-0.1, -0.05) is 18.2 Å². The van der Waals surface area contributed by atoms with Crippen molar-refractivity contribution in [3.05, 3.63) is 60.8 Å². The van der Waals surface area contributed by atoms with Crippen molar-refractivity contribution in [1.29, 1.82) is 0 Å². The van der Waals surface area contributed by atoms with Gasteiger partial charge in [0.2, 0.25) is 5.91 Å². The molecule has 1 aromatic heterocycles. The lowest BCUT2D eigenvalue weighted by Gasteiger charge is -2.07. The number of hydrogen-bond donors (Lipinski definition) is 2. The number of amides is 1. The quantitative estimate of drug-likeness (QED) is 0.715. The van der Waals surface area contributed by atoms with Gasteiger partial charge < -0.3 is 15.6 Å². The molecule has 0 aliphatic heterocycles. The number of carbonyl (C=O) groups excluding carboxylic acids is 1. The first-order chi connectivity index (χ1) is 9.72. The first-order valence-corrected chi connectivity index (χ1v) is 6.42. The molecule has 0 fully saturated rings. The number of nitrogen functional groups attached to an aromatic ring is 1. The van der Waals surface area contributed by atoms with Crippen LogP contribution in [0.1, 0.15) is 0 Å². The summed E-state index contributed by atoms with van der Waals surface area (Å²) < 4.78 is 1.93. The number of fused-ring (bicyclic) bond motifs is 1. The van der Waals surface area contributed by atoms with Crippen molar-refractivity contribution in [3.8, 4) is 0 Å². The van der Waals surface area contributed by atoms with E-state index in [-0.39, 0.29) is 12.5 Å². The van der Waals surface area contributed by atoms with Crippen LogP contribution in [0.2, 0.25) is 0 Å². The van der Waals surface area contributed by atoms with Crippen LogP contribution < -0.4 is 11.1 Å².